The van der Waals surface area contributed by atoms with Crippen LogP contribution in [0.25, 0.3) is 89.0 Å². The zero-order chi connectivity index (χ0) is 34.4. The molecule has 244 valence electrons. The topological polar surface area (TPSA) is 22.8 Å². The van der Waals surface area contributed by atoms with Crippen LogP contribution < -0.4 is 0 Å². The van der Waals surface area contributed by atoms with Crippen LogP contribution in [-0.2, 0) is 0 Å². The molecule has 3 aromatic heterocycles. The Morgan fingerprint density at radius 3 is 1.31 bits per heavy atom. The van der Waals surface area contributed by atoms with E-state index >= 15 is 0 Å². The Labute approximate surface area is 302 Å². The van der Waals surface area contributed by atoms with E-state index in [0.717, 1.165) is 50.7 Å². The standard InChI is InChI=1S/C49H33N3/c1-4-17-34(18-5-1)43-32-39(33-44(50-43)35-19-6-2-7-20-35)52-47-30-15-12-27-42(47)48(36-21-8-3-9-22-36)49(52)37-23-16-24-38(31-37)51-45-28-13-10-25-40(45)41-26-11-14-29-46(41)51/h1-33H. The lowest BCUT2D eigenvalue weighted by molar-refractivity contribution is 1.12. The Morgan fingerprint density at radius 2 is 0.750 bits per heavy atom. The lowest BCUT2D eigenvalue weighted by Crippen LogP contribution is -2.01. The van der Waals surface area contributed by atoms with Gasteiger partial charge < -0.3 is 9.13 Å². The van der Waals surface area contributed by atoms with Gasteiger partial charge in [-0.15, -0.1) is 0 Å². The molecule has 0 spiro atoms. The number of hydrogen-bond acceptors (Lipinski definition) is 1. The highest BCUT2D eigenvalue weighted by atomic mass is 15.0. The van der Waals surface area contributed by atoms with E-state index in [0.29, 0.717) is 0 Å². The first-order valence-corrected chi connectivity index (χ1v) is 17.7. The lowest BCUT2D eigenvalue weighted by atomic mass is 9.98. The van der Waals surface area contributed by atoms with Crippen molar-refractivity contribution in [2.24, 2.45) is 0 Å². The van der Waals surface area contributed by atoms with Gasteiger partial charge in [-0.3, -0.25) is 0 Å². The molecule has 0 saturated heterocycles. The van der Waals surface area contributed by atoms with E-state index in [1.807, 2.05) is 0 Å². The molecule has 0 fully saturated rings. The number of fused-ring (bicyclic) bond motifs is 4. The number of hydrogen-bond donors (Lipinski definition) is 0. The molecule has 7 aromatic carbocycles. The molecule has 0 amide bonds. The Morgan fingerprint density at radius 1 is 0.308 bits per heavy atom. The summed E-state index contributed by atoms with van der Waals surface area (Å²) in [5.41, 5.74) is 14.4. The Kier molecular flexibility index (Phi) is 7.14. The minimum Gasteiger partial charge on any atom is -0.309 e. The van der Waals surface area contributed by atoms with Crippen LogP contribution >= 0.6 is 0 Å². The van der Waals surface area contributed by atoms with Gasteiger partial charge in [0.2, 0.25) is 0 Å². The molecule has 0 N–H and O–H groups in total. The zero-order valence-electron chi connectivity index (χ0n) is 28.4. The van der Waals surface area contributed by atoms with Gasteiger partial charge >= 0.3 is 0 Å². The maximum absolute atomic E-state index is 5.24. The summed E-state index contributed by atoms with van der Waals surface area (Å²) < 4.78 is 4.85. The molecule has 10 rings (SSSR count). The number of nitrogens with zero attached hydrogens (tertiary/aromatic N) is 3. The molecule has 3 nitrogen and oxygen atoms in total. The van der Waals surface area contributed by atoms with E-state index < -0.39 is 0 Å². The number of para-hydroxylation sites is 3. The molecule has 0 atom stereocenters. The normalized spacial score (nSPS) is 11.5. The van der Waals surface area contributed by atoms with E-state index in [-0.39, 0.29) is 0 Å². The van der Waals surface area contributed by atoms with Crippen molar-refractivity contribution in [3.63, 3.8) is 0 Å². The van der Waals surface area contributed by atoms with E-state index in [4.69, 9.17) is 4.98 Å². The maximum atomic E-state index is 5.24. The van der Waals surface area contributed by atoms with Gasteiger partial charge in [-0.25, -0.2) is 4.98 Å². The molecule has 10 aromatic rings. The summed E-state index contributed by atoms with van der Waals surface area (Å²) in [6.07, 6.45) is 0. The average molecular weight is 664 g/mol. The van der Waals surface area contributed by atoms with Gasteiger partial charge in [0, 0.05) is 44.1 Å². The molecule has 0 radical (unpaired) electrons. The molecule has 0 saturated carbocycles. The zero-order valence-corrected chi connectivity index (χ0v) is 28.4. The van der Waals surface area contributed by atoms with Crippen LogP contribution in [0.15, 0.2) is 200 Å². The minimum atomic E-state index is 0.931. The minimum absolute atomic E-state index is 0.931. The van der Waals surface area contributed by atoms with Crippen LogP contribution in [0.1, 0.15) is 0 Å². The van der Waals surface area contributed by atoms with Crippen LogP contribution in [-0.4, -0.2) is 14.1 Å². The Hall–Kier alpha value is -6.97. The highest BCUT2D eigenvalue weighted by Gasteiger charge is 2.23. The lowest BCUT2D eigenvalue weighted by Gasteiger charge is -2.17. The molecule has 3 heterocycles. The first-order chi connectivity index (χ1) is 25.8. The van der Waals surface area contributed by atoms with Gasteiger partial charge in [0.05, 0.1) is 39.3 Å². The van der Waals surface area contributed by atoms with Gasteiger partial charge in [0.15, 0.2) is 0 Å². The largest absolute Gasteiger partial charge is 0.309 e. The van der Waals surface area contributed by atoms with E-state index in [1.54, 1.807) is 0 Å². The number of pyridine rings is 1. The second kappa shape index (κ2) is 12.4. The fourth-order valence-corrected chi connectivity index (χ4v) is 7.83. The quantitative estimate of drug-likeness (QED) is 0.174. The van der Waals surface area contributed by atoms with Gasteiger partial charge in [-0.05, 0) is 48.0 Å². The van der Waals surface area contributed by atoms with Crippen molar-refractivity contribution in [1.82, 2.24) is 14.1 Å². The molecule has 0 aliphatic carbocycles. The predicted octanol–water partition coefficient (Wildman–Crippen LogP) is 12.8. The summed E-state index contributed by atoms with van der Waals surface area (Å²) >= 11 is 0. The summed E-state index contributed by atoms with van der Waals surface area (Å²) in [4.78, 5) is 5.24. The van der Waals surface area contributed by atoms with Crippen LogP contribution in [0.2, 0.25) is 0 Å². The second-order valence-corrected chi connectivity index (χ2v) is 13.2. The monoisotopic (exact) mass is 663 g/mol. The highest BCUT2D eigenvalue weighted by Crippen LogP contribution is 2.44. The summed E-state index contributed by atoms with van der Waals surface area (Å²) in [6.45, 7) is 0. The average Bonchev–Trinajstić information content (AvgIpc) is 3.75. The van der Waals surface area contributed by atoms with E-state index in [1.165, 1.54) is 38.3 Å². The van der Waals surface area contributed by atoms with Crippen LogP contribution in [0.5, 0.6) is 0 Å². The first kappa shape index (κ1) is 29.9. The molecule has 0 aliphatic heterocycles. The van der Waals surface area contributed by atoms with Crippen LogP contribution in [0, 0.1) is 0 Å². The molecule has 52 heavy (non-hydrogen) atoms. The molecule has 0 aliphatic rings. The molecular formula is C49H33N3. The summed E-state index contributed by atoms with van der Waals surface area (Å²) in [5.74, 6) is 0. The smallest absolute Gasteiger partial charge is 0.0730 e. The maximum Gasteiger partial charge on any atom is 0.0730 e. The molecule has 0 unspecified atom stereocenters. The van der Waals surface area contributed by atoms with Gasteiger partial charge in [-0.1, -0.05) is 158 Å². The number of benzene rings is 7. The van der Waals surface area contributed by atoms with Gasteiger partial charge in [-0.2, -0.15) is 0 Å². The van der Waals surface area contributed by atoms with Crippen molar-refractivity contribution in [3.8, 4) is 56.3 Å². The van der Waals surface area contributed by atoms with Crippen molar-refractivity contribution in [2.75, 3.05) is 0 Å². The van der Waals surface area contributed by atoms with E-state index in [9.17, 15) is 0 Å². The molecule has 3 heteroatoms. The predicted molar refractivity (Wildman–Crippen MR) is 217 cm³/mol. The Balaban J connectivity index is 1.30. The van der Waals surface area contributed by atoms with Crippen molar-refractivity contribution < 1.29 is 0 Å². The fraction of sp³-hybridized carbons (Fsp3) is 0. The molecule has 0 bridgehead atoms. The van der Waals surface area contributed by atoms with E-state index in [2.05, 4.69) is 209 Å². The Bertz CT molecular complexity index is 2770. The fourth-order valence-electron chi connectivity index (χ4n) is 7.83. The van der Waals surface area contributed by atoms with Crippen molar-refractivity contribution in [3.05, 3.63) is 200 Å². The second-order valence-electron chi connectivity index (χ2n) is 13.2. The molecular weight excluding hydrogens is 631 g/mol. The summed E-state index contributed by atoms with van der Waals surface area (Å²) in [6, 6.07) is 71.5. The van der Waals surface area contributed by atoms with Gasteiger partial charge in [0.1, 0.15) is 0 Å². The first-order valence-electron chi connectivity index (χ1n) is 17.7. The summed E-state index contributed by atoms with van der Waals surface area (Å²) in [7, 11) is 0. The van der Waals surface area contributed by atoms with Crippen molar-refractivity contribution >= 4 is 32.7 Å². The third-order valence-electron chi connectivity index (χ3n) is 10.1. The van der Waals surface area contributed by atoms with Crippen LogP contribution in [0.3, 0.4) is 0 Å². The number of aromatic nitrogens is 3. The third kappa shape index (κ3) is 4.94. The summed E-state index contributed by atoms with van der Waals surface area (Å²) in [5, 5.41) is 3.70. The van der Waals surface area contributed by atoms with Crippen LogP contribution in [0.4, 0.5) is 0 Å². The third-order valence-corrected chi connectivity index (χ3v) is 10.1. The number of rotatable bonds is 6. The van der Waals surface area contributed by atoms with Gasteiger partial charge in [0.25, 0.3) is 0 Å². The highest BCUT2D eigenvalue weighted by molar-refractivity contribution is 6.10. The van der Waals surface area contributed by atoms with Crippen molar-refractivity contribution in [2.45, 2.75) is 0 Å². The SMILES string of the molecule is c1ccc(-c2cc(-n3c(-c4cccc(-n5c6ccccc6c6ccccc65)c4)c(-c4ccccc4)c4ccccc43)cc(-c3ccccc3)n2)cc1. The van der Waals surface area contributed by atoms with Crippen molar-refractivity contribution in [1.29, 1.82) is 0 Å².